The quantitative estimate of drug-likeness (QED) is 0.674. The van der Waals surface area contributed by atoms with Gasteiger partial charge in [-0.3, -0.25) is 4.79 Å². The number of carbonyl (C=O) groups excluding carboxylic acids is 1. The molecule has 12 heavy (non-hydrogen) atoms. The Morgan fingerprint density at radius 3 is 2.17 bits per heavy atom. The second-order valence-electron chi connectivity index (χ2n) is 2.92. The summed E-state index contributed by atoms with van der Waals surface area (Å²) < 4.78 is 0. The zero-order chi connectivity index (χ0) is 9.14. The molecule has 1 aromatic rings. The number of hydrogen-bond donors (Lipinski definition) is 1. The van der Waals surface area contributed by atoms with Crippen molar-refractivity contribution in [3.8, 4) is 0 Å². The molecule has 0 heterocycles. The Morgan fingerprint density at radius 1 is 1.33 bits per heavy atom. The highest BCUT2D eigenvalue weighted by molar-refractivity contribution is 5.79. The largest absolute Gasteiger partial charge is 0.392 e. The van der Waals surface area contributed by atoms with Gasteiger partial charge in [-0.25, -0.2) is 0 Å². The van der Waals surface area contributed by atoms with Crippen LogP contribution in [0.3, 0.4) is 0 Å². The molecule has 2 nitrogen and oxygen atoms in total. The second kappa shape index (κ2) is 3.50. The minimum absolute atomic E-state index is 0.0286. The van der Waals surface area contributed by atoms with E-state index in [9.17, 15) is 4.79 Å². The molecule has 0 atom stereocenters. The first-order chi connectivity index (χ1) is 5.69. The molecule has 0 saturated heterocycles. The lowest BCUT2D eigenvalue weighted by molar-refractivity contribution is 0.112. The van der Waals surface area contributed by atoms with Gasteiger partial charge in [0.25, 0.3) is 0 Å². The van der Waals surface area contributed by atoms with E-state index in [1.807, 2.05) is 26.0 Å². The third-order valence-corrected chi connectivity index (χ3v) is 1.95. The van der Waals surface area contributed by atoms with E-state index in [4.69, 9.17) is 5.11 Å². The fourth-order valence-corrected chi connectivity index (χ4v) is 1.34. The van der Waals surface area contributed by atoms with Crippen LogP contribution in [0.4, 0.5) is 0 Å². The maximum atomic E-state index is 10.6. The number of carbonyl (C=O) groups is 1. The molecule has 2 heteroatoms. The van der Waals surface area contributed by atoms with E-state index in [0.717, 1.165) is 28.5 Å². The van der Waals surface area contributed by atoms with Crippen molar-refractivity contribution < 1.29 is 9.90 Å². The van der Waals surface area contributed by atoms with Gasteiger partial charge in [0.1, 0.15) is 0 Å². The van der Waals surface area contributed by atoms with Gasteiger partial charge < -0.3 is 5.11 Å². The van der Waals surface area contributed by atoms with Crippen molar-refractivity contribution in [3.05, 3.63) is 34.4 Å². The van der Waals surface area contributed by atoms with Crippen LogP contribution < -0.4 is 0 Å². The summed E-state index contributed by atoms with van der Waals surface area (Å²) in [5.74, 6) is 0. The molecule has 64 valence electrons. The minimum Gasteiger partial charge on any atom is -0.392 e. The van der Waals surface area contributed by atoms with Crippen LogP contribution in [0.25, 0.3) is 0 Å². The number of rotatable bonds is 2. The maximum Gasteiger partial charge on any atom is 0.150 e. The van der Waals surface area contributed by atoms with E-state index in [2.05, 4.69) is 0 Å². The van der Waals surface area contributed by atoms with Crippen LogP contribution in [0.2, 0.25) is 0 Å². The summed E-state index contributed by atoms with van der Waals surface area (Å²) in [7, 11) is 0. The van der Waals surface area contributed by atoms with Crippen LogP contribution >= 0.6 is 0 Å². The van der Waals surface area contributed by atoms with Gasteiger partial charge in [-0.05, 0) is 30.5 Å². The lowest BCUT2D eigenvalue weighted by atomic mass is 10.0. The highest BCUT2D eigenvalue weighted by Crippen LogP contribution is 2.14. The molecule has 1 aromatic carbocycles. The van der Waals surface area contributed by atoms with Crippen LogP contribution in [0.5, 0.6) is 0 Å². The van der Waals surface area contributed by atoms with Crippen molar-refractivity contribution in [3.63, 3.8) is 0 Å². The van der Waals surface area contributed by atoms with Gasteiger partial charge >= 0.3 is 0 Å². The summed E-state index contributed by atoms with van der Waals surface area (Å²) in [6.07, 6.45) is 0.853. The van der Waals surface area contributed by atoms with Crippen LogP contribution in [-0.2, 0) is 6.61 Å². The Labute approximate surface area is 71.8 Å². The fraction of sp³-hybridized carbons (Fsp3) is 0.300. The Hall–Kier alpha value is -1.15. The molecule has 1 N–H and O–H groups in total. The van der Waals surface area contributed by atoms with Crippen molar-refractivity contribution in [1.29, 1.82) is 0 Å². The highest BCUT2D eigenvalue weighted by Gasteiger charge is 2.02. The number of aryl methyl sites for hydroxylation is 2. The number of aliphatic hydroxyl groups is 1. The van der Waals surface area contributed by atoms with Gasteiger partial charge in [0, 0.05) is 5.56 Å². The molecule has 0 unspecified atom stereocenters. The zero-order valence-corrected chi connectivity index (χ0v) is 7.29. The predicted octanol–water partition coefficient (Wildman–Crippen LogP) is 1.61. The third-order valence-electron chi connectivity index (χ3n) is 1.95. The van der Waals surface area contributed by atoms with Crippen molar-refractivity contribution >= 4 is 6.29 Å². The highest BCUT2D eigenvalue weighted by atomic mass is 16.3. The average molecular weight is 164 g/mol. The molecule has 1 rings (SSSR count). The monoisotopic (exact) mass is 164 g/mol. The smallest absolute Gasteiger partial charge is 0.150 e. The van der Waals surface area contributed by atoms with Gasteiger partial charge in [0.05, 0.1) is 6.61 Å². The van der Waals surface area contributed by atoms with E-state index in [0.29, 0.717) is 0 Å². The molecule has 0 fully saturated rings. The van der Waals surface area contributed by atoms with Crippen molar-refractivity contribution in [2.45, 2.75) is 20.5 Å². The summed E-state index contributed by atoms with van der Waals surface area (Å²) in [6, 6.07) is 3.66. The molecule has 0 bridgehead atoms. The van der Waals surface area contributed by atoms with E-state index < -0.39 is 0 Å². The zero-order valence-electron chi connectivity index (χ0n) is 7.29. The Morgan fingerprint density at radius 2 is 1.83 bits per heavy atom. The van der Waals surface area contributed by atoms with Gasteiger partial charge in [-0.1, -0.05) is 12.1 Å². The van der Waals surface area contributed by atoms with E-state index in [1.54, 1.807) is 0 Å². The van der Waals surface area contributed by atoms with Gasteiger partial charge in [0.2, 0.25) is 0 Å². The fourth-order valence-electron chi connectivity index (χ4n) is 1.34. The van der Waals surface area contributed by atoms with Gasteiger partial charge in [0.15, 0.2) is 6.29 Å². The van der Waals surface area contributed by atoms with Crippen LogP contribution in [-0.4, -0.2) is 11.4 Å². The third kappa shape index (κ3) is 1.53. The normalized spacial score (nSPS) is 9.92. The predicted molar refractivity (Wildman–Crippen MR) is 47.2 cm³/mol. The number of benzene rings is 1. The first-order valence-corrected chi connectivity index (χ1v) is 3.85. The topological polar surface area (TPSA) is 37.3 Å². The average Bonchev–Trinajstić information content (AvgIpc) is 2.03. The standard InChI is InChI=1S/C10H12O2/c1-7-3-9(5-11)4-8(2)10(7)6-12/h3-4,6,11H,5H2,1-2H3. The number of aldehydes is 1. The van der Waals surface area contributed by atoms with Crippen molar-refractivity contribution in [1.82, 2.24) is 0 Å². The number of aliphatic hydroxyl groups excluding tert-OH is 1. The Kier molecular flexibility index (Phi) is 2.61. The molecule has 0 aromatic heterocycles. The molecule has 0 aliphatic rings. The van der Waals surface area contributed by atoms with Crippen molar-refractivity contribution in [2.24, 2.45) is 0 Å². The lowest BCUT2D eigenvalue weighted by Gasteiger charge is -2.05. The Bertz CT molecular complexity index is 280. The molecule has 0 aliphatic carbocycles. The molecule has 0 spiro atoms. The minimum atomic E-state index is 0.0286. The summed E-state index contributed by atoms with van der Waals surface area (Å²) >= 11 is 0. The molecular weight excluding hydrogens is 152 g/mol. The number of hydrogen-bond acceptors (Lipinski definition) is 2. The van der Waals surface area contributed by atoms with E-state index in [-0.39, 0.29) is 6.61 Å². The summed E-state index contributed by atoms with van der Waals surface area (Å²) in [5, 5.41) is 8.86. The van der Waals surface area contributed by atoms with Gasteiger partial charge in [-0.2, -0.15) is 0 Å². The second-order valence-corrected chi connectivity index (χ2v) is 2.92. The molecule has 0 radical (unpaired) electrons. The Balaban J connectivity index is 3.27. The first-order valence-electron chi connectivity index (χ1n) is 3.85. The SMILES string of the molecule is Cc1cc(CO)cc(C)c1C=O. The summed E-state index contributed by atoms with van der Waals surface area (Å²) in [4.78, 5) is 10.6. The molecule has 0 amide bonds. The van der Waals surface area contributed by atoms with Gasteiger partial charge in [-0.15, -0.1) is 0 Å². The van der Waals surface area contributed by atoms with E-state index >= 15 is 0 Å². The summed E-state index contributed by atoms with van der Waals surface area (Å²) in [6.45, 7) is 3.77. The first kappa shape index (κ1) is 8.94. The molecule has 0 saturated carbocycles. The maximum absolute atomic E-state index is 10.6. The lowest BCUT2D eigenvalue weighted by Crippen LogP contribution is -1.94. The van der Waals surface area contributed by atoms with E-state index in [1.165, 1.54) is 0 Å². The molecule has 0 aliphatic heterocycles. The summed E-state index contributed by atoms with van der Waals surface area (Å²) in [5.41, 5.74) is 3.44. The molecular formula is C10H12O2. The van der Waals surface area contributed by atoms with Crippen molar-refractivity contribution in [2.75, 3.05) is 0 Å². The van der Waals surface area contributed by atoms with Crippen LogP contribution in [0.15, 0.2) is 12.1 Å². The van der Waals surface area contributed by atoms with Crippen LogP contribution in [0.1, 0.15) is 27.0 Å². The van der Waals surface area contributed by atoms with Crippen LogP contribution in [0, 0.1) is 13.8 Å².